The minimum absolute atomic E-state index is 0.138. The zero-order valence-electron chi connectivity index (χ0n) is 16.9. The van der Waals surface area contributed by atoms with Crippen LogP contribution < -0.4 is 15.4 Å². The van der Waals surface area contributed by atoms with Crippen molar-refractivity contribution in [1.82, 2.24) is 10.6 Å². The molecule has 0 aliphatic carbocycles. The van der Waals surface area contributed by atoms with Gasteiger partial charge in [-0.2, -0.15) is 0 Å². The molecule has 0 bridgehead atoms. The third kappa shape index (κ3) is 5.49. The van der Waals surface area contributed by atoms with Crippen molar-refractivity contribution in [2.75, 3.05) is 26.8 Å². The molecule has 2 unspecified atom stereocenters. The lowest BCUT2D eigenvalue weighted by molar-refractivity contribution is -0.0265. The molecule has 150 valence electrons. The largest absolute Gasteiger partial charge is 0.494 e. The summed E-state index contributed by atoms with van der Waals surface area (Å²) in [5.74, 6) is 2.13. The molecule has 0 spiro atoms. The molecule has 5 heteroatoms. The number of nitrogens with zero attached hydrogens (tertiary/aromatic N) is 1. The van der Waals surface area contributed by atoms with Gasteiger partial charge in [-0.15, -0.1) is 0 Å². The van der Waals surface area contributed by atoms with Crippen LogP contribution in [0.1, 0.15) is 37.0 Å². The second-order valence-electron chi connectivity index (χ2n) is 6.95. The molecule has 2 N–H and O–H groups in total. The van der Waals surface area contributed by atoms with Crippen LogP contribution in [-0.4, -0.2) is 32.8 Å². The summed E-state index contributed by atoms with van der Waals surface area (Å²) in [6.07, 6.45) is 2.39. The van der Waals surface area contributed by atoms with Gasteiger partial charge in [-0.1, -0.05) is 48.5 Å². The quantitative estimate of drug-likeness (QED) is 0.564. The van der Waals surface area contributed by atoms with E-state index in [9.17, 15) is 0 Å². The van der Waals surface area contributed by atoms with E-state index in [1.807, 2.05) is 31.2 Å². The van der Waals surface area contributed by atoms with Gasteiger partial charge in [0.15, 0.2) is 5.96 Å². The fourth-order valence-electron chi connectivity index (χ4n) is 3.64. The Balaban J connectivity index is 1.56. The molecule has 2 atom stereocenters. The van der Waals surface area contributed by atoms with Crippen molar-refractivity contribution in [2.45, 2.75) is 32.4 Å². The fourth-order valence-corrected chi connectivity index (χ4v) is 3.64. The van der Waals surface area contributed by atoms with Crippen molar-refractivity contribution in [3.05, 3.63) is 65.7 Å². The smallest absolute Gasteiger partial charge is 0.191 e. The molecule has 2 aromatic rings. The summed E-state index contributed by atoms with van der Waals surface area (Å²) in [6.45, 7) is 4.98. The average molecular weight is 382 g/mol. The van der Waals surface area contributed by atoms with Crippen LogP contribution in [-0.2, 0) is 11.3 Å². The molecule has 0 aromatic heterocycles. The lowest BCUT2D eigenvalue weighted by atomic mass is 9.89. The van der Waals surface area contributed by atoms with Gasteiger partial charge < -0.3 is 20.1 Å². The zero-order valence-corrected chi connectivity index (χ0v) is 16.9. The summed E-state index contributed by atoms with van der Waals surface area (Å²) < 4.78 is 11.8. The topological polar surface area (TPSA) is 54.9 Å². The Morgan fingerprint density at radius 3 is 2.68 bits per heavy atom. The molecule has 28 heavy (non-hydrogen) atoms. The summed E-state index contributed by atoms with van der Waals surface area (Å²) in [5, 5.41) is 6.88. The highest BCUT2D eigenvalue weighted by Crippen LogP contribution is 2.33. The summed E-state index contributed by atoms with van der Waals surface area (Å²) in [4.78, 5) is 4.37. The number of benzene rings is 2. The second-order valence-corrected chi connectivity index (χ2v) is 6.95. The van der Waals surface area contributed by atoms with E-state index in [1.165, 1.54) is 5.56 Å². The molecule has 5 nitrogen and oxygen atoms in total. The van der Waals surface area contributed by atoms with Crippen LogP contribution in [0.25, 0.3) is 0 Å². The zero-order chi connectivity index (χ0) is 19.6. The summed E-state index contributed by atoms with van der Waals surface area (Å²) in [7, 11) is 1.80. The van der Waals surface area contributed by atoms with Gasteiger partial charge in [0.1, 0.15) is 5.75 Å². The van der Waals surface area contributed by atoms with Crippen LogP contribution in [0.5, 0.6) is 5.75 Å². The fraction of sp³-hybridized carbons (Fsp3) is 0.435. The predicted octanol–water partition coefficient (Wildman–Crippen LogP) is 3.92. The average Bonchev–Trinajstić information content (AvgIpc) is 2.76. The molecule has 0 saturated carbocycles. The Bertz CT molecular complexity index is 749. The van der Waals surface area contributed by atoms with Gasteiger partial charge in [0.05, 0.1) is 12.7 Å². The standard InChI is InChI=1S/C23H31N3O2/c1-3-27-21-14-8-7-12-19(21)16-25-23(24-2)26-17-20-13-9-15-28-22(20)18-10-5-4-6-11-18/h4-8,10-12,14,20,22H,3,9,13,15-17H2,1-2H3,(H2,24,25,26). The Kier molecular flexibility index (Phi) is 7.73. The third-order valence-electron chi connectivity index (χ3n) is 5.05. The first-order valence-electron chi connectivity index (χ1n) is 10.1. The van der Waals surface area contributed by atoms with Crippen molar-refractivity contribution in [1.29, 1.82) is 0 Å². The minimum Gasteiger partial charge on any atom is -0.494 e. The Morgan fingerprint density at radius 1 is 1.11 bits per heavy atom. The van der Waals surface area contributed by atoms with Crippen molar-refractivity contribution in [2.24, 2.45) is 10.9 Å². The maximum atomic E-state index is 6.10. The first kappa shape index (κ1) is 20.2. The number of hydrogen-bond acceptors (Lipinski definition) is 3. The minimum atomic E-state index is 0.138. The lowest BCUT2D eigenvalue weighted by Crippen LogP contribution is -2.41. The number of hydrogen-bond donors (Lipinski definition) is 2. The molecule has 1 fully saturated rings. The van der Waals surface area contributed by atoms with E-state index in [1.54, 1.807) is 7.05 Å². The molecule has 0 radical (unpaired) electrons. The van der Waals surface area contributed by atoms with Crippen molar-refractivity contribution < 1.29 is 9.47 Å². The SMILES string of the molecule is CCOc1ccccc1CNC(=NC)NCC1CCCOC1c1ccccc1. The molecule has 0 amide bonds. The van der Waals surface area contributed by atoms with Gasteiger partial charge in [0.2, 0.25) is 0 Å². The monoisotopic (exact) mass is 381 g/mol. The molecule has 1 aliphatic heterocycles. The van der Waals surface area contributed by atoms with E-state index >= 15 is 0 Å². The Morgan fingerprint density at radius 2 is 1.89 bits per heavy atom. The molecular weight excluding hydrogens is 350 g/mol. The Labute approximate surface area is 168 Å². The van der Waals surface area contributed by atoms with Crippen LogP contribution in [0.3, 0.4) is 0 Å². The van der Waals surface area contributed by atoms with Gasteiger partial charge in [-0.3, -0.25) is 4.99 Å². The number of ether oxygens (including phenoxy) is 2. The van der Waals surface area contributed by atoms with E-state index in [0.29, 0.717) is 19.1 Å². The normalized spacial score (nSPS) is 19.9. The predicted molar refractivity (Wildman–Crippen MR) is 114 cm³/mol. The van der Waals surface area contributed by atoms with Gasteiger partial charge in [0.25, 0.3) is 0 Å². The van der Waals surface area contributed by atoms with Gasteiger partial charge in [0, 0.05) is 38.2 Å². The van der Waals surface area contributed by atoms with Crippen molar-refractivity contribution in [3.8, 4) is 5.75 Å². The van der Waals surface area contributed by atoms with E-state index in [4.69, 9.17) is 9.47 Å². The van der Waals surface area contributed by atoms with Crippen molar-refractivity contribution in [3.63, 3.8) is 0 Å². The van der Waals surface area contributed by atoms with E-state index in [-0.39, 0.29) is 6.10 Å². The van der Waals surface area contributed by atoms with E-state index < -0.39 is 0 Å². The number of nitrogens with one attached hydrogen (secondary N) is 2. The number of aliphatic imine (C=N–C) groups is 1. The summed E-state index contributed by atoms with van der Waals surface area (Å²) >= 11 is 0. The maximum Gasteiger partial charge on any atom is 0.191 e. The maximum absolute atomic E-state index is 6.10. The van der Waals surface area contributed by atoms with Gasteiger partial charge >= 0.3 is 0 Å². The van der Waals surface area contributed by atoms with Crippen LogP contribution in [0.15, 0.2) is 59.6 Å². The van der Waals surface area contributed by atoms with Gasteiger partial charge in [-0.05, 0) is 31.4 Å². The highest BCUT2D eigenvalue weighted by atomic mass is 16.5. The van der Waals surface area contributed by atoms with Crippen LogP contribution in [0.2, 0.25) is 0 Å². The van der Waals surface area contributed by atoms with Gasteiger partial charge in [-0.25, -0.2) is 0 Å². The number of para-hydroxylation sites is 1. The highest BCUT2D eigenvalue weighted by molar-refractivity contribution is 5.79. The lowest BCUT2D eigenvalue weighted by Gasteiger charge is -2.32. The van der Waals surface area contributed by atoms with E-state index in [0.717, 1.165) is 43.3 Å². The van der Waals surface area contributed by atoms with Crippen molar-refractivity contribution >= 4 is 5.96 Å². The van der Waals surface area contributed by atoms with E-state index in [2.05, 4.69) is 46.0 Å². The molecule has 1 heterocycles. The highest BCUT2D eigenvalue weighted by Gasteiger charge is 2.27. The number of rotatable bonds is 7. The second kappa shape index (κ2) is 10.7. The molecular formula is C23H31N3O2. The molecule has 2 aromatic carbocycles. The number of guanidine groups is 1. The molecule has 3 rings (SSSR count). The summed E-state index contributed by atoms with van der Waals surface area (Å²) in [5.41, 5.74) is 2.37. The van der Waals surface area contributed by atoms with Crippen LogP contribution >= 0.6 is 0 Å². The van der Waals surface area contributed by atoms with Crippen LogP contribution in [0.4, 0.5) is 0 Å². The molecule has 1 saturated heterocycles. The molecule has 1 aliphatic rings. The summed E-state index contributed by atoms with van der Waals surface area (Å²) in [6, 6.07) is 18.6. The first-order chi connectivity index (χ1) is 13.8. The first-order valence-corrected chi connectivity index (χ1v) is 10.1. The Hall–Kier alpha value is -2.53. The third-order valence-corrected chi connectivity index (χ3v) is 5.05. The van der Waals surface area contributed by atoms with Crippen LogP contribution in [0, 0.1) is 5.92 Å².